The Morgan fingerprint density at radius 1 is 1.20 bits per heavy atom. The molecule has 0 aliphatic carbocycles. The number of aromatic amines is 1. The number of sulfonamides is 1. The molecule has 3 aromatic rings. The van der Waals surface area contributed by atoms with Gasteiger partial charge in [0.05, 0.1) is 4.90 Å². The number of nitrogens with one attached hydrogen (secondary N) is 2. The minimum atomic E-state index is -3.55. The summed E-state index contributed by atoms with van der Waals surface area (Å²) in [5.74, 6) is 0. The summed E-state index contributed by atoms with van der Waals surface area (Å²) in [5.41, 5.74) is 8.59. The highest BCUT2D eigenvalue weighted by atomic mass is 32.2. The molecule has 2 aromatic heterocycles. The lowest BCUT2D eigenvalue weighted by atomic mass is 10.0. The van der Waals surface area contributed by atoms with Gasteiger partial charge < -0.3 is 15.5 Å². The van der Waals surface area contributed by atoms with E-state index in [-0.39, 0.29) is 18.0 Å². The summed E-state index contributed by atoms with van der Waals surface area (Å²) in [7, 11) is -3.55. The van der Waals surface area contributed by atoms with Crippen molar-refractivity contribution in [1.82, 2.24) is 14.7 Å². The molecule has 130 valence electrons. The van der Waals surface area contributed by atoms with E-state index in [0.717, 1.165) is 28.5 Å². The molecule has 0 aliphatic heterocycles. The van der Waals surface area contributed by atoms with Crippen LogP contribution in [0.25, 0.3) is 22.2 Å². The van der Waals surface area contributed by atoms with Gasteiger partial charge in [0.2, 0.25) is 10.0 Å². The van der Waals surface area contributed by atoms with Crippen LogP contribution in [0.1, 0.15) is 5.69 Å². The van der Waals surface area contributed by atoms with Crippen molar-refractivity contribution in [3.8, 4) is 11.1 Å². The number of carbonyl (C=O) groups is 1. The predicted octanol–water partition coefficient (Wildman–Crippen LogP) is 1.21. The largest absolute Gasteiger partial charge is 0.343 e. The molecule has 2 heterocycles. The number of rotatable bonds is 7. The third-order valence-electron chi connectivity index (χ3n) is 3.80. The van der Waals surface area contributed by atoms with E-state index < -0.39 is 10.0 Å². The normalized spacial score (nSPS) is 11.7. The third kappa shape index (κ3) is 3.60. The van der Waals surface area contributed by atoms with Crippen LogP contribution in [0.5, 0.6) is 0 Å². The summed E-state index contributed by atoms with van der Waals surface area (Å²) in [6.45, 7) is 0.431. The number of nitrogens with two attached hydrogens (primary N) is 1. The zero-order valence-corrected chi connectivity index (χ0v) is 14.2. The zero-order chi connectivity index (χ0) is 17.9. The topological polar surface area (TPSA) is 118 Å². The maximum absolute atomic E-state index is 12.1. The number of fused-ring (bicyclic) bond motifs is 1. The van der Waals surface area contributed by atoms with Gasteiger partial charge in [0.25, 0.3) is 0 Å². The van der Waals surface area contributed by atoms with Crippen LogP contribution >= 0.6 is 0 Å². The van der Waals surface area contributed by atoms with Crippen molar-refractivity contribution in [3.05, 3.63) is 48.3 Å². The van der Waals surface area contributed by atoms with Gasteiger partial charge in [-0.15, -0.1) is 0 Å². The van der Waals surface area contributed by atoms with Crippen molar-refractivity contribution in [1.29, 1.82) is 0 Å². The number of aldehydes is 1. The average molecular weight is 358 g/mol. The van der Waals surface area contributed by atoms with Crippen LogP contribution in [-0.2, 0) is 21.2 Å². The number of aromatic nitrogens is 2. The van der Waals surface area contributed by atoms with Gasteiger partial charge in [0, 0.05) is 36.8 Å². The van der Waals surface area contributed by atoms with E-state index in [1.165, 1.54) is 0 Å². The first-order chi connectivity index (χ1) is 12.0. The Balaban J connectivity index is 1.97. The Morgan fingerprint density at radius 2 is 1.96 bits per heavy atom. The Hall–Kier alpha value is -2.55. The summed E-state index contributed by atoms with van der Waals surface area (Å²) in [5, 5.41) is 0.885. The monoisotopic (exact) mass is 358 g/mol. The highest BCUT2D eigenvalue weighted by Crippen LogP contribution is 2.28. The molecule has 0 fully saturated rings. The van der Waals surface area contributed by atoms with Crippen molar-refractivity contribution in [2.24, 2.45) is 5.73 Å². The van der Waals surface area contributed by atoms with Crippen LogP contribution in [0.4, 0.5) is 0 Å². The summed E-state index contributed by atoms with van der Waals surface area (Å²) in [6.07, 6.45) is 2.80. The van der Waals surface area contributed by atoms with Crippen LogP contribution in [0.3, 0.4) is 0 Å². The molecule has 0 saturated carbocycles. The Morgan fingerprint density at radius 3 is 2.64 bits per heavy atom. The minimum absolute atomic E-state index is 0.186. The molecule has 25 heavy (non-hydrogen) atoms. The van der Waals surface area contributed by atoms with Crippen LogP contribution < -0.4 is 10.5 Å². The predicted molar refractivity (Wildman–Crippen MR) is 95.5 cm³/mol. The quantitative estimate of drug-likeness (QED) is 0.549. The van der Waals surface area contributed by atoms with Gasteiger partial charge >= 0.3 is 0 Å². The first-order valence-corrected chi connectivity index (χ1v) is 9.24. The van der Waals surface area contributed by atoms with E-state index in [1.807, 2.05) is 12.1 Å². The Kier molecular flexibility index (Phi) is 4.93. The number of H-pyrrole nitrogens is 1. The summed E-state index contributed by atoms with van der Waals surface area (Å²) in [6, 6.07) is 10.4. The van der Waals surface area contributed by atoms with Gasteiger partial charge in [-0.25, -0.2) is 18.1 Å². The lowest BCUT2D eigenvalue weighted by Gasteiger charge is -2.07. The van der Waals surface area contributed by atoms with Gasteiger partial charge in [-0.05, 0) is 35.4 Å². The van der Waals surface area contributed by atoms with E-state index in [4.69, 9.17) is 5.73 Å². The fourth-order valence-electron chi connectivity index (χ4n) is 2.62. The van der Waals surface area contributed by atoms with Gasteiger partial charge in [0.1, 0.15) is 11.9 Å². The van der Waals surface area contributed by atoms with E-state index in [2.05, 4.69) is 14.7 Å². The number of pyridine rings is 1. The summed E-state index contributed by atoms with van der Waals surface area (Å²) >= 11 is 0. The maximum Gasteiger partial charge on any atom is 0.240 e. The smallest absolute Gasteiger partial charge is 0.240 e. The van der Waals surface area contributed by atoms with Gasteiger partial charge in [-0.3, -0.25) is 0 Å². The van der Waals surface area contributed by atoms with Crippen molar-refractivity contribution < 1.29 is 13.2 Å². The molecule has 0 unspecified atom stereocenters. The van der Waals surface area contributed by atoms with E-state index in [1.54, 1.807) is 30.5 Å². The fraction of sp³-hybridized carbons (Fsp3) is 0.176. The molecule has 8 heteroatoms. The van der Waals surface area contributed by atoms with Crippen LogP contribution in [0, 0.1) is 0 Å². The second kappa shape index (κ2) is 7.14. The van der Waals surface area contributed by atoms with Crippen LogP contribution in [-0.4, -0.2) is 37.8 Å². The SMILES string of the molecule is NCCNS(=O)(=O)c1ccc(-c2ccnc3[nH]c(CC=O)cc23)cc1. The minimum Gasteiger partial charge on any atom is -0.343 e. The highest BCUT2D eigenvalue weighted by molar-refractivity contribution is 7.89. The van der Waals surface area contributed by atoms with Gasteiger partial charge in [-0.2, -0.15) is 0 Å². The average Bonchev–Trinajstić information content (AvgIpc) is 3.03. The van der Waals surface area contributed by atoms with Crippen LogP contribution in [0.15, 0.2) is 47.5 Å². The second-order valence-corrected chi connectivity index (χ2v) is 7.26. The molecule has 0 radical (unpaired) electrons. The molecular formula is C17H18N4O3S. The highest BCUT2D eigenvalue weighted by Gasteiger charge is 2.14. The molecule has 0 spiro atoms. The molecular weight excluding hydrogens is 340 g/mol. The molecule has 0 bridgehead atoms. The van der Waals surface area contributed by atoms with E-state index >= 15 is 0 Å². The molecule has 0 saturated heterocycles. The standard InChI is InChI=1S/C17H18N4O3S/c18-7-9-20-25(23,24)14-3-1-12(2-4-14)15-5-8-19-17-16(15)11-13(21-17)6-10-22/h1-5,8,10-11,20H,6-7,9,18H2,(H,19,21). The Bertz CT molecular complexity index is 994. The molecule has 4 N–H and O–H groups in total. The zero-order valence-electron chi connectivity index (χ0n) is 13.4. The second-order valence-electron chi connectivity index (χ2n) is 5.50. The Labute approximate surface area is 145 Å². The van der Waals surface area contributed by atoms with E-state index in [9.17, 15) is 13.2 Å². The number of hydrogen-bond acceptors (Lipinski definition) is 5. The van der Waals surface area contributed by atoms with Crippen molar-refractivity contribution in [2.75, 3.05) is 13.1 Å². The first kappa shape index (κ1) is 17.3. The molecule has 0 aliphatic rings. The maximum atomic E-state index is 12.1. The molecule has 0 amide bonds. The van der Waals surface area contributed by atoms with Gasteiger partial charge in [-0.1, -0.05) is 12.1 Å². The van der Waals surface area contributed by atoms with E-state index in [0.29, 0.717) is 12.1 Å². The lowest BCUT2D eigenvalue weighted by molar-refractivity contribution is -0.107. The fourth-order valence-corrected chi connectivity index (χ4v) is 3.67. The molecule has 7 nitrogen and oxygen atoms in total. The lowest BCUT2D eigenvalue weighted by Crippen LogP contribution is -2.29. The van der Waals surface area contributed by atoms with Crippen LogP contribution in [0.2, 0.25) is 0 Å². The number of carbonyl (C=O) groups excluding carboxylic acids is 1. The third-order valence-corrected chi connectivity index (χ3v) is 5.28. The number of benzene rings is 1. The molecule has 0 atom stereocenters. The summed E-state index contributed by atoms with van der Waals surface area (Å²) < 4.78 is 26.7. The first-order valence-electron chi connectivity index (χ1n) is 7.75. The number of nitrogens with zero attached hydrogens (tertiary/aromatic N) is 1. The van der Waals surface area contributed by atoms with Crippen molar-refractivity contribution in [2.45, 2.75) is 11.3 Å². The molecule has 3 rings (SSSR count). The van der Waals surface area contributed by atoms with Crippen molar-refractivity contribution >= 4 is 27.3 Å². The molecule has 1 aromatic carbocycles. The number of hydrogen-bond donors (Lipinski definition) is 3. The van der Waals surface area contributed by atoms with Gasteiger partial charge in [0.15, 0.2) is 0 Å². The van der Waals surface area contributed by atoms with Crippen molar-refractivity contribution in [3.63, 3.8) is 0 Å². The summed E-state index contributed by atoms with van der Waals surface area (Å²) in [4.78, 5) is 18.3.